The monoisotopic (exact) mass is 399 g/mol. The van der Waals surface area contributed by atoms with Crippen LogP contribution in [0.2, 0.25) is 0 Å². The molecule has 0 aliphatic rings. The summed E-state index contributed by atoms with van der Waals surface area (Å²) in [5.41, 5.74) is 4.54. The molecule has 1 aromatic heterocycles. The SMILES string of the molecule is CCC(NC(=O)C(C)(C)N)C(=O)Nc1cn(C(C)(C(C)=O)c2ccccc2)cn1. The molecule has 4 N–H and O–H groups in total. The minimum absolute atomic E-state index is 0.0668. The summed E-state index contributed by atoms with van der Waals surface area (Å²) < 4.78 is 1.67. The third-order valence-electron chi connectivity index (χ3n) is 4.99. The highest BCUT2D eigenvalue weighted by molar-refractivity contribution is 5.98. The van der Waals surface area contributed by atoms with Crippen LogP contribution in [-0.2, 0) is 19.9 Å². The second-order valence-electron chi connectivity index (χ2n) is 7.81. The number of nitrogens with two attached hydrogens (primary N) is 1. The van der Waals surface area contributed by atoms with Crippen molar-refractivity contribution >= 4 is 23.4 Å². The van der Waals surface area contributed by atoms with Crippen molar-refractivity contribution in [2.75, 3.05) is 5.32 Å². The third-order valence-corrected chi connectivity index (χ3v) is 4.99. The summed E-state index contributed by atoms with van der Waals surface area (Å²) in [6, 6.07) is 8.61. The van der Waals surface area contributed by atoms with Crippen LogP contribution in [0, 0.1) is 0 Å². The molecule has 2 aromatic rings. The van der Waals surface area contributed by atoms with Gasteiger partial charge in [0.15, 0.2) is 11.6 Å². The number of ketones is 1. The zero-order valence-corrected chi connectivity index (χ0v) is 17.5. The first-order chi connectivity index (χ1) is 13.5. The molecule has 29 heavy (non-hydrogen) atoms. The summed E-state index contributed by atoms with van der Waals surface area (Å²) >= 11 is 0. The van der Waals surface area contributed by atoms with Gasteiger partial charge in [0.2, 0.25) is 11.8 Å². The largest absolute Gasteiger partial charge is 0.343 e. The maximum absolute atomic E-state index is 12.6. The number of Topliss-reactive ketones (excluding diaryl/α,β-unsaturated/α-hetero) is 1. The molecule has 0 saturated carbocycles. The number of carbonyl (C=O) groups is 3. The molecule has 1 heterocycles. The van der Waals surface area contributed by atoms with Gasteiger partial charge in [0.05, 0.1) is 11.9 Å². The Kier molecular flexibility index (Phi) is 6.58. The van der Waals surface area contributed by atoms with Gasteiger partial charge in [-0.15, -0.1) is 0 Å². The van der Waals surface area contributed by atoms with Gasteiger partial charge in [-0.2, -0.15) is 0 Å². The van der Waals surface area contributed by atoms with Crippen LogP contribution in [0.25, 0.3) is 0 Å². The van der Waals surface area contributed by atoms with E-state index in [1.807, 2.05) is 30.3 Å². The molecule has 156 valence electrons. The minimum atomic E-state index is -1.09. The molecule has 0 saturated heterocycles. The maximum Gasteiger partial charge on any atom is 0.248 e. The van der Waals surface area contributed by atoms with Gasteiger partial charge >= 0.3 is 0 Å². The molecule has 8 heteroatoms. The maximum atomic E-state index is 12.6. The standard InChI is InChI=1S/C21H29N5O3/c1-6-16(24-19(29)20(3,4)22)18(28)25-17-12-26(13-23-17)21(5,14(2)27)15-10-8-7-9-11-15/h7-13,16H,6,22H2,1-5H3,(H,24,29)(H,25,28). The van der Waals surface area contributed by atoms with Crippen molar-refractivity contribution < 1.29 is 14.4 Å². The van der Waals surface area contributed by atoms with Crippen LogP contribution in [0.4, 0.5) is 5.82 Å². The van der Waals surface area contributed by atoms with Crippen LogP contribution < -0.4 is 16.4 Å². The summed E-state index contributed by atoms with van der Waals surface area (Å²) in [7, 11) is 0. The van der Waals surface area contributed by atoms with E-state index < -0.39 is 28.9 Å². The van der Waals surface area contributed by atoms with Gasteiger partial charge in [-0.05, 0) is 39.7 Å². The number of hydrogen-bond acceptors (Lipinski definition) is 5. The van der Waals surface area contributed by atoms with E-state index >= 15 is 0 Å². The molecule has 2 unspecified atom stereocenters. The Balaban J connectivity index is 2.21. The van der Waals surface area contributed by atoms with E-state index in [0.29, 0.717) is 6.42 Å². The molecule has 0 radical (unpaired) electrons. The Morgan fingerprint density at radius 2 is 1.79 bits per heavy atom. The van der Waals surface area contributed by atoms with Crippen molar-refractivity contribution in [2.24, 2.45) is 5.73 Å². The van der Waals surface area contributed by atoms with Crippen molar-refractivity contribution in [3.63, 3.8) is 0 Å². The number of anilines is 1. The van der Waals surface area contributed by atoms with Crippen molar-refractivity contribution in [3.8, 4) is 0 Å². The Morgan fingerprint density at radius 3 is 2.31 bits per heavy atom. The van der Waals surface area contributed by atoms with Crippen LogP contribution >= 0.6 is 0 Å². The lowest BCUT2D eigenvalue weighted by atomic mass is 9.88. The van der Waals surface area contributed by atoms with E-state index in [0.717, 1.165) is 5.56 Å². The normalized spacial score (nSPS) is 14.6. The molecular formula is C21H29N5O3. The highest BCUT2D eigenvalue weighted by Gasteiger charge is 2.34. The molecule has 0 bridgehead atoms. The molecular weight excluding hydrogens is 370 g/mol. The second-order valence-corrected chi connectivity index (χ2v) is 7.81. The first kappa shape index (κ1) is 22.3. The van der Waals surface area contributed by atoms with Gasteiger partial charge in [-0.3, -0.25) is 14.4 Å². The van der Waals surface area contributed by atoms with E-state index in [1.54, 1.807) is 38.5 Å². The predicted octanol–water partition coefficient (Wildman–Crippen LogP) is 1.81. The lowest BCUT2D eigenvalue weighted by molar-refractivity contribution is -0.129. The van der Waals surface area contributed by atoms with E-state index in [2.05, 4.69) is 15.6 Å². The molecule has 0 fully saturated rings. The Bertz CT molecular complexity index is 885. The summed E-state index contributed by atoms with van der Waals surface area (Å²) in [5.74, 6) is -0.598. The van der Waals surface area contributed by atoms with Crippen LogP contribution in [0.1, 0.15) is 46.6 Å². The number of aromatic nitrogens is 2. The van der Waals surface area contributed by atoms with Gasteiger partial charge in [0, 0.05) is 6.20 Å². The van der Waals surface area contributed by atoms with Crippen LogP contribution in [0.15, 0.2) is 42.9 Å². The average Bonchev–Trinajstić information content (AvgIpc) is 3.13. The Hall–Kier alpha value is -3.00. The molecule has 0 aliphatic heterocycles. The molecule has 2 atom stereocenters. The summed E-state index contributed by atoms with van der Waals surface area (Å²) in [6.45, 7) is 8.25. The highest BCUT2D eigenvalue weighted by atomic mass is 16.2. The van der Waals surface area contributed by atoms with Gasteiger partial charge < -0.3 is 20.9 Å². The van der Waals surface area contributed by atoms with Crippen molar-refractivity contribution in [3.05, 3.63) is 48.4 Å². The third kappa shape index (κ3) is 4.89. The fourth-order valence-corrected chi connectivity index (χ4v) is 2.84. The van der Waals surface area contributed by atoms with Gasteiger partial charge in [-0.25, -0.2) is 4.98 Å². The number of imidazole rings is 1. The van der Waals surface area contributed by atoms with Crippen LogP contribution in [-0.4, -0.2) is 38.7 Å². The molecule has 1 aromatic carbocycles. The van der Waals surface area contributed by atoms with Crippen LogP contribution in [0.5, 0.6) is 0 Å². The number of benzene rings is 1. The summed E-state index contributed by atoms with van der Waals surface area (Å²) in [5, 5.41) is 5.34. The van der Waals surface area contributed by atoms with Gasteiger partial charge in [0.25, 0.3) is 0 Å². The van der Waals surface area contributed by atoms with E-state index in [-0.39, 0.29) is 11.6 Å². The van der Waals surface area contributed by atoms with E-state index in [9.17, 15) is 14.4 Å². The Morgan fingerprint density at radius 1 is 1.17 bits per heavy atom. The predicted molar refractivity (Wildman–Crippen MR) is 111 cm³/mol. The molecule has 2 rings (SSSR count). The van der Waals surface area contributed by atoms with Crippen molar-refractivity contribution in [1.29, 1.82) is 0 Å². The van der Waals surface area contributed by atoms with E-state index in [1.165, 1.54) is 13.3 Å². The minimum Gasteiger partial charge on any atom is -0.343 e. The lowest BCUT2D eigenvalue weighted by Crippen LogP contribution is -2.54. The smallest absolute Gasteiger partial charge is 0.248 e. The molecule has 2 amide bonds. The van der Waals surface area contributed by atoms with Crippen molar-refractivity contribution in [2.45, 2.75) is 58.2 Å². The lowest BCUT2D eigenvalue weighted by Gasteiger charge is -2.29. The number of carbonyl (C=O) groups excluding carboxylic acids is 3. The van der Waals surface area contributed by atoms with Crippen molar-refractivity contribution in [1.82, 2.24) is 14.9 Å². The Labute approximate surface area is 170 Å². The average molecular weight is 399 g/mol. The number of rotatable bonds is 8. The number of nitrogens with zero attached hydrogens (tertiary/aromatic N) is 2. The fraction of sp³-hybridized carbons (Fsp3) is 0.429. The highest BCUT2D eigenvalue weighted by Crippen LogP contribution is 2.28. The molecule has 0 aliphatic carbocycles. The first-order valence-electron chi connectivity index (χ1n) is 9.51. The zero-order valence-electron chi connectivity index (χ0n) is 17.5. The van der Waals surface area contributed by atoms with Gasteiger partial charge in [-0.1, -0.05) is 37.3 Å². The molecule has 0 spiro atoms. The quantitative estimate of drug-likeness (QED) is 0.625. The fourth-order valence-electron chi connectivity index (χ4n) is 2.84. The topological polar surface area (TPSA) is 119 Å². The summed E-state index contributed by atoms with van der Waals surface area (Å²) in [6.07, 6.45) is 3.50. The van der Waals surface area contributed by atoms with Gasteiger partial charge in [0.1, 0.15) is 11.6 Å². The number of hydrogen-bond donors (Lipinski definition) is 3. The number of amides is 2. The first-order valence-corrected chi connectivity index (χ1v) is 9.51. The number of nitrogens with one attached hydrogen (secondary N) is 2. The van der Waals surface area contributed by atoms with E-state index in [4.69, 9.17) is 5.73 Å². The summed E-state index contributed by atoms with van der Waals surface area (Å²) in [4.78, 5) is 41.4. The van der Waals surface area contributed by atoms with Crippen LogP contribution in [0.3, 0.4) is 0 Å². The second kappa shape index (κ2) is 8.57. The zero-order chi connectivity index (χ0) is 21.8. The molecule has 8 nitrogen and oxygen atoms in total.